The van der Waals surface area contributed by atoms with Crippen molar-refractivity contribution in [3.63, 3.8) is 0 Å². The highest BCUT2D eigenvalue weighted by Crippen LogP contribution is 2.10. The topological polar surface area (TPSA) is 44.7 Å². The summed E-state index contributed by atoms with van der Waals surface area (Å²) in [7, 11) is 2.10. The maximum absolute atomic E-state index is 9.69. The molecule has 0 radical (unpaired) electrons. The average Bonchev–Trinajstić information content (AvgIpc) is 2.45. The average molecular weight is 280 g/mol. The van der Waals surface area contributed by atoms with E-state index in [2.05, 4.69) is 41.5 Å². The smallest absolute Gasteiger partial charge is 0.0897 e. The molecule has 0 aliphatic rings. The first-order valence-corrected chi connectivity index (χ1v) is 7.36. The van der Waals surface area contributed by atoms with Crippen LogP contribution in [0.2, 0.25) is 0 Å². The van der Waals surface area contributed by atoms with Gasteiger partial charge in [-0.25, -0.2) is 0 Å². The van der Waals surface area contributed by atoms with Gasteiger partial charge < -0.3 is 20.1 Å². The molecule has 0 saturated heterocycles. The molecule has 114 valence electrons. The molecule has 1 rings (SSSR count). The van der Waals surface area contributed by atoms with Gasteiger partial charge in [-0.1, -0.05) is 18.2 Å². The van der Waals surface area contributed by atoms with Crippen LogP contribution in [0.25, 0.3) is 0 Å². The molecule has 0 bridgehead atoms. The number of nitrogens with one attached hydrogen (secondary N) is 1. The maximum Gasteiger partial charge on any atom is 0.0897 e. The molecular formula is C16H28N2O2. The zero-order valence-electron chi connectivity index (χ0n) is 12.9. The lowest BCUT2D eigenvalue weighted by atomic mass is 10.3. The Balaban J connectivity index is 2.04. The summed E-state index contributed by atoms with van der Waals surface area (Å²) in [6.07, 6.45) is 0.789. The van der Waals surface area contributed by atoms with Gasteiger partial charge in [0, 0.05) is 25.8 Å². The van der Waals surface area contributed by atoms with Crippen molar-refractivity contribution >= 4 is 5.69 Å². The Morgan fingerprint density at radius 1 is 1.25 bits per heavy atom. The molecular weight excluding hydrogens is 252 g/mol. The minimum Gasteiger partial charge on any atom is -0.389 e. The Kier molecular flexibility index (Phi) is 8.26. The van der Waals surface area contributed by atoms with Gasteiger partial charge in [-0.2, -0.15) is 0 Å². The van der Waals surface area contributed by atoms with Crippen molar-refractivity contribution in [3.05, 3.63) is 30.3 Å². The molecule has 1 aromatic rings. The van der Waals surface area contributed by atoms with Crippen molar-refractivity contribution in [1.82, 2.24) is 5.32 Å². The van der Waals surface area contributed by atoms with E-state index in [9.17, 15) is 5.11 Å². The molecule has 1 unspecified atom stereocenters. The molecule has 0 amide bonds. The number of hydrogen-bond donors (Lipinski definition) is 2. The Morgan fingerprint density at radius 2 is 1.95 bits per heavy atom. The van der Waals surface area contributed by atoms with Gasteiger partial charge in [-0.15, -0.1) is 0 Å². The maximum atomic E-state index is 9.69. The Bertz CT molecular complexity index is 344. The van der Waals surface area contributed by atoms with Crippen LogP contribution in [0.5, 0.6) is 0 Å². The summed E-state index contributed by atoms with van der Waals surface area (Å²) >= 11 is 0. The van der Waals surface area contributed by atoms with Crippen molar-refractivity contribution in [1.29, 1.82) is 0 Å². The second kappa shape index (κ2) is 9.75. The van der Waals surface area contributed by atoms with E-state index in [1.165, 1.54) is 5.69 Å². The van der Waals surface area contributed by atoms with Gasteiger partial charge in [-0.05, 0) is 38.9 Å². The number of rotatable bonds is 10. The molecule has 1 atom stereocenters. The summed E-state index contributed by atoms with van der Waals surface area (Å²) in [5, 5.41) is 12.9. The highest BCUT2D eigenvalue weighted by Gasteiger charge is 2.05. The standard InChI is InChI=1S/C16H28N2O2/c1-14(2)20-13-16(19)12-17-10-7-11-18(3)15-8-5-4-6-9-15/h4-6,8-9,14,16-17,19H,7,10-13H2,1-3H3. The monoisotopic (exact) mass is 280 g/mol. The lowest BCUT2D eigenvalue weighted by Gasteiger charge is -2.19. The fourth-order valence-corrected chi connectivity index (χ4v) is 1.88. The molecule has 1 aromatic carbocycles. The largest absolute Gasteiger partial charge is 0.389 e. The third-order valence-electron chi connectivity index (χ3n) is 3.05. The van der Waals surface area contributed by atoms with Gasteiger partial charge in [0.1, 0.15) is 0 Å². The third-order valence-corrected chi connectivity index (χ3v) is 3.05. The summed E-state index contributed by atoms with van der Waals surface area (Å²) in [4.78, 5) is 2.24. The van der Waals surface area contributed by atoms with Crippen LogP contribution in [-0.2, 0) is 4.74 Å². The number of hydrogen-bond acceptors (Lipinski definition) is 4. The number of nitrogens with zero attached hydrogens (tertiary/aromatic N) is 1. The Hall–Kier alpha value is -1.10. The number of anilines is 1. The molecule has 20 heavy (non-hydrogen) atoms. The normalized spacial score (nSPS) is 12.7. The van der Waals surface area contributed by atoms with Gasteiger partial charge in [-0.3, -0.25) is 0 Å². The number of aliphatic hydroxyl groups is 1. The van der Waals surface area contributed by atoms with Crippen molar-refractivity contribution in [2.75, 3.05) is 38.2 Å². The minimum atomic E-state index is -0.427. The molecule has 0 aliphatic heterocycles. The van der Waals surface area contributed by atoms with Crippen LogP contribution in [0.15, 0.2) is 30.3 Å². The fraction of sp³-hybridized carbons (Fsp3) is 0.625. The summed E-state index contributed by atoms with van der Waals surface area (Å²) in [6, 6.07) is 10.4. The molecule has 4 heteroatoms. The van der Waals surface area contributed by atoms with Gasteiger partial charge in [0.05, 0.1) is 18.8 Å². The lowest BCUT2D eigenvalue weighted by Crippen LogP contribution is -2.33. The van der Waals surface area contributed by atoms with Crippen molar-refractivity contribution in [2.45, 2.75) is 32.5 Å². The second-order valence-corrected chi connectivity index (χ2v) is 5.35. The summed E-state index contributed by atoms with van der Waals surface area (Å²) in [5.74, 6) is 0. The van der Waals surface area contributed by atoms with Crippen LogP contribution in [0.1, 0.15) is 20.3 Å². The minimum absolute atomic E-state index is 0.171. The van der Waals surface area contributed by atoms with Crippen LogP contribution in [0.3, 0.4) is 0 Å². The number of benzene rings is 1. The molecule has 4 nitrogen and oxygen atoms in total. The summed E-state index contributed by atoms with van der Waals surface area (Å²) in [5.41, 5.74) is 1.23. The number of aliphatic hydroxyl groups excluding tert-OH is 1. The van der Waals surface area contributed by atoms with Crippen LogP contribution in [0, 0.1) is 0 Å². The van der Waals surface area contributed by atoms with E-state index in [1.807, 2.05) is 19.9 Å². The molecule has 0 aliphatic carbocycles. The third kappa shape index (κ3) is 7.48. The second-order valence-electron chi connectivity index (χ2n) is 5.35. The van der Waals surface area contributed by atoms with Crippen LogP contribution >= 0.6 is 0 Å². The zero-order chi connectivity index (χ0) is 14.8. The molecule has 0 fully saturated rings. The predicted octanol–water partition coefficient (Wildman–Crippen LogP) is 1.89. The summed E-state index contributed by atoms with van der Waals surface area (Å²) < 4.78 is 5.36. The van der Waals surface area contributed by atoms with Crippen molar-refractivity contribution in [3.8, 4) is 0 Å². The van der Waals surface area contributed by atoms with Crippen molar-refractivity contribution in [2.24, 2.45) is 0 Å². The molecule has 0 saturated carbocycles. The Morgan fingerprint density at radius 3 is 2.60 bits per heavy atom. The highest BCUT2D eigenvalue weighted by molar-refractivity contribution is 5.44. The molecule has 0 spiro atoms. The van der Waals surface area contributed by atoms with Gasteiger partial charge in [0.2, 0.25) is 0 Å². The van der Waals surface area contributed by atoms with E-state index < -0.39 is 6.10 Å². The first kappa shape index (κ1) is 17.0. The fourth-order valence-electron chi connectivity index (χ4n) is 1.88. The van der Waals surface area contributed by atoms with Gasteiger partial charge in [0.25, 0.3) is 0 Å². The van der Waals surface area contributed by atoms with Crippen LogP contribution < -0.4 is 10.2 Å². The van der Waals surface area contributed by atoms with Crippen LogP contribution in [0.4, 0.5) is 5.69 Å². The van der Waals surface area contributed by atoms with E-state index >= 15 is 0 Å². The molecule has 0 aromatic heterocycles. The van der Waals surface area contributed by atoms with E-state index in [4.69, 9.17) is 4.74 Å². The number of para-hydroxylation sites is 1. The van der Waals surface area contributed by atoms with E-state index in [1.54, 1.807) is 0 Å². The van der Waals surface area contributed by atoms with E-state index in [0.29, 0.717) is 13.2 Å². The molecule has 2 N–H and O–H groups in total. The number of ether oxygens (including phenoxy) is 1. The van der Waals surface area contributed by atoms with Crippen LogP contribution in [-0.4, -0.2) is 50.6 Å². The summed E-state index contributed by atoms with van der Waals surface area (Å²) in [6.45, 7) is 6.82. The zero-order valence-corrected chi connectivity index (χ0v) is 12.9. The van der Waals surface area contributed by atoms with E-state index in [-0.39, 0.29) is 6.10 Å². The highest BCUT2D eigenvalue weighted by atomic mass is 16.5. The SMILES string of the molecule is CC(C)OCC(O)CNCCCN(C)c1ccccc1. The first-order valence-electron chi connectivity index (χ1n) is 7.36. The van der Waals surface area contributed by atoms with Gasteiger partial charge >= 0.3 is 0 Å². The lowest BCUT2D eigenvalue weighted by molar-refractivity contribution is 0.00648. The van der Waals surface area contributed by atoms with E-state index in [0.717, 1.165) is 19.5 Å². The first-order chi connectivity index (χ1) is 9.59. The predicted molar refractivity (Wildman–Crippen MR) is 84.3 cm³/mol. The Labute approximate surface area is 122 Å². The quantitative estimate of drug-likeness (QED) is 0.642. The molecule has 0 heterocycles. The van der Waals surface area contributed by atoms with Gasteiger partial charge in [0.15, 0.2) is 0 Å². The van der Waals surface area contributed by atoms with Crippen molar-refractivity contribution < 1.29 is 9.84 Å².